The van der Waals surface area contributed by atoms with Gasteiger partial charge in [-0.15, -0.1) is 11.8 Å². The van der Waals surface area contributed by atoms with Crippen LogP contribution in [-0.2, 0) is 9.53 Å². The minimum Gasteiger partial charge on any atom is -0.380 e. The van der Waals surface area contributed by atoms with E-state index in [9.17, 15) is 9.18 Å². The van der Waals surface area contributed by atoms with E-state index in [-0.39, 0.29) is 27.9 Å². The number of amides is 1. The summed E-state index contributed by atoms with van der Waals surface area (Å²) in [5, 5.41) is 0. The molecule has 2 aromatic carbocycles. The number of ether oxygens (including phenoxy) is 1. The molecule has 6 rings (SSSR count). The monoisotopic (exact) mass is 628 g/mol. The topological polar surface area (TPSA) is 48.4 Å². The summed E-state index contributed by atoms with van der Waals surface area (Å²) in [5.41, 5.74) is 3.82. The summed E-state index contributed by atoms with van der Waals surface area (Å²) in [6, 6.07) is 4.50. The van der Waals surface area contributed by atoms with Gasteiger partial charge in [-0.25, -0.2) is 13.8 Å². The lowest BCUT2D eigenvalue weighted by atomic mass is 9.86. The highest BCUT2D eigenvalue weighted by Crippen LogP contribution is 2.53. The Labute approximate surface area is 245 Å². The highest BCUT2D eigenvalue weighted by atomic mass is 79.9. The number of rotatable bonds is 2. The zero-order valence-electron chi connectivity index (χ0n) is 22.8. The minimum absolute atomic E-state index is 0.00383. The van der Waals surface area contributed by atoms with E-state index < -0.39 is 11.6 Å². The number of nitrogens with zero attached hydrogens (tertiary/aromatic N) is 4. The number of aliphatic imine (C=N–C) groups is 1. The van der Waals surface area contributed by atoms with Crippen LogP contribution in [0.5, 0.6) is 0 Å². The molecule has 1 amide bonds. The molecule has 0 radical (unpaired) electrons. The Morgan fingerprint density at radius 1 is 1.18 bits per heavy atom. The van der Waals surface area contributed by atoms with Crippen molar-refractivity contribution in [2.45, 2.75) is 37.8 Å². The summed E-state index contributed by atoms with van der Waals surface area (Å²) in [6.07, 6.45) is 1.36. The van der Waals surface area contributed by atoms with Gasteiger partial charge in [0.05, 0.1) is 23.4 Å². The van der Waals surface area contributed by atoms with Crippen molar-refractivity contribution in [3.63, 3.8) is 0 Å². The fraction of sp³-hybridized carbons (Fsp3) is 0.400. The SMILES string of the molecule is C=CC(=O)N1C[C@H](C)N(C2=NC(=C)N3CC4(COC4)CSc4c(-c5cc(Br)c(F)cc5F)c(C)cc2c43)C[C@H]1C. The average Bonchev–Trinajstić information content (AvgIpc) is 3.08. The largest absolute Gasteiger partial charge is 0.380 e. The van der Waals surface area contributed by atoms with Gasteiger partial charge in [-0.3, -0.25) is 4.79 Å². The maximum atomic E-state index is 15.4. The molecule has 2 fully saturated rings. The number of piperazine rings is 1. The van der Waals surface area contributed by atoms with Crippen LogP contribution in [-0.4, -0.2) is 72.2 Å². The number of thioether (sulfide) groups is 1. The molecule has 0 bridgehead atoms. The van der Waals surface area contributed by atoms with Crippen LogP contribution in [0.4, 0.5) is 14.5 Å². The number of carbonyl (C=O) groups is 1. The summed E-state index contributed by atoms with van der Waals surface area (Å²) in [5.74, 6) is 0.909. The number of anilines is 1. The first-order valence-electron chi connectivity index (χ1n) is 13.3. The molecule has 0 unspecified atom stereocenters. The Kier molecular flexibility index (Phi) is 6.86. The molecule has 10 heteroatoms. The van der Waals surface area contributed by atoms with Crippen LogP contribution in [0.3, 0.4) is 0 Å². The molecule has 4 aliphatic heterocycles. The summed E-state index contributed by atoms with van der Waals surface area (Å²) in [7, 11) is 0. The highest BCUT2D eigenvalue weighted by molar-refractivity contribution is 9.10. The number of benzene rings is 2. The Morgan fingerprint density at radius 3 is 2.60 bits per heavy atom. The van der Waals surface area contributed by atoms with Crippen LogP contribution in [0, 0.1) is 24.0 Å². The quantitative estimate of drug-likeness (QED) is 0.303. The molecule has 0 saturated carbocycles. The van der Waals surface area contributed by atoms with Gasteiger partial charge < -0.3 is 19.4 Å². The van der Waals surface area contributed by atoms with E-state index in [1.807, 2.05) is 18.7 Å². The Hall–Kier alpha value is -2.69. The van der Waals surface area contributed by atoms with E-state index in [1.165, 1.54) is 12.1 Å². The van der Waals surface area contributed by atoms with Crippen molar-refractivity contribution in [1.29, 1.82) is 0 Å². The molecule has 2 atom stereocenters. The predicted molar refractivity (Wildman–Crippen MR) is 159 cm³/mol. The standard InChI is InChI=1S/C30H31BrF2N4O2S/c1-6-25(38)35-10-18(4)36(11-17(35)3)29-21-7-16(2)26(20-8-22(31)24(33)9-23(20)32)28-27(21)37(19(5)34-29)12-30(15-40-28)13-39-14-30/h6-9,17-18H,1,5,10-15H2,2-4H3/t17-,18+/m1/s1. The van der Waals surface area contributed by atoms with Gasteiger partial charge in [-0.05, 0) is 60.5 Å². The summed E-state index contributed by atoms with van der Waals surface area (Å²) >= 11 is 4.95. The smallest absolute Gasteiger partial charge is 0.246 e. The maximum Gasteiger partial charge on any atom is 0.246 e. The molecule has 4 heterocycles. The first-order valence-corrected chi connectivity index (χ1v) is 15.1. The van der Waals surface area contributed by atoms with E-state index >= 15 is 4.39 Å². The second-order valence-corrected chi connectivity index (χ2v) is 13.1. The van der Waals surface area contributed by atoms with E-state index in [1.54, 1.807) is 11.8 Å². The van der Waals surface area contributed by atoms with Gasteiger partial charge >= 0.3 is 0 Å². The lowest BCUT2D eigenvalue weighted by Crippen LogP contribution is -2.60. The molecule has 40 heavy (non-hydrogen) atoms. The molecule has 2 saturated heterocycles. The summed E-state index contributed by atoms with van der Waals surface area (Å²) < 4.78 is 35.5. The van der Waals surface area contributed by atoms with Crippen molar-refractivity contribution in [3.05, 3.63) is 70.5 Å². The van der Waals surface area contributed by atoms with Crippen molar-refractivity contribution in [1.82, 2.24) is 9.80 Å². The fourth-order valence-corrected chi connectivity index (χ4v) is 8.01. The minimum atomic E-state index is -0.637. The molecule has 0 aliphatic carbocycles. The van der Waals surface area contributed by atoms with E-state index in [0.717, 1.165) is 44.9 Å². The van der Waals surface area contributed by atoms with Crippen molar-refractivity contribution in [2.75, 3.05) is 43.5 Å². The van der Waals surface area contributed by atoms with Gasteiger partial charge in [0.1, 0.15) is 23.3 Å². The predicted octanol–water partition coefficient (Wildman–Crippen LogP) is 5.97. The molecular weight excluding hydrogens is 598 g/mol. The van der Waals surface area contributed by atoms with Crippen LogP contribution in [0.2, 0.25) is 0 Å². The molecule has 210 valence electrons. The Morgan fingerprint density at radius 2 is 1.93 bits per heavy atom. The van der Waals surface area contributed by atoms with E-state index in [2.05, 4.69) is 51.9 Å². The number of hydrogen-bond acceptors (Lipinski definition) is 6. The molecule has 2 aromatic rings. The second-order valence-electron chi connectivity index (χ2n) is 11.3. The van der Waals surface area contributed by atoms with Crippen LogP contribution >= 0.6 is 27.7 Å². The molecular formula is C30H31BrF2N4O2S. The van der Waals surface area contributed by atoms with Crippen LogP contribution in [0.15, 0.2) is 57.6 Å². The number of hydrogen-bond donors (Lipinski definition) is 0. The fourth-order valence-electron chi connectivity index (χ4n) is 6.18. The van der Waals surface area contributed by atoms with Crippen molar-refractivity contribution in [2.24, 2.45) is 10.4 Å². The van der Waals surface area contributed by atoms with Crippen LogP contribution in [0.25, 0.3) is 11.1 Å². The lowest BCUT2D eigenvalue weighted by molar-refractivity contribution is -0.130. The number of amidine groups is 1. The third-order valence-corrected chi connectivity index (χ3v) is 10.4. The highest BCUT2D eigenvalue weighted by Gasteiger charge is 2.46. The van der Waals surface area contributed by atoms with Gasteiger partial charge in [0, 0.05) is 70.5 Å². The Bertz CT molecular complexity index is 1490. The van der Waals surface area contributed by atoms with Gasteiger partial charge in [0.2, 0.25) is 5.91 Å². The van der Waals surface area contributed by atoms with Crippen LogP contribution in [0.1, 0.15) is 25.0 Å². The second kappa shape index (κ2) is 9.99. The first-order chi connectivity index (χ1) is 19.0. The third-order valence-electron chi connectivity index (χ3n) is 8.34. The molecule has 0 aromatic heterocycles. The molecule has 4 aliphatic rings. The van der Waals surface area contributed by atoms with Gasteiger partial charge in [-0.2, -0.15) is 0 Å². The Balaban J connectivity index is 1.53. The van der Waals surface area contributed by atoms with Gasteiger partial charge in [0.25, 0.3) is 0 Å². The molecule has 0 N–H and O–H groups in total. The summed E-state index contributed by atoms with van der Waals surface area (Å²) in [6.45, 7) is 17.3. The van der Waals surface area contributed by atoms with E-state index in [0.29, 0.717) is 44.2 Å². The van der Waals surface area contributed by atoms with Crippen molar-refractivity contribution >= 4 is 45.1 Å². The number of aryl methyl sites for hydroxylation is 1. The molecule has 6 nitrogen and oxygen atoms in total. The lowest BCUT2D eigenvalue weighted by Gasteiger charge is -2.48. The van der Waals surface area contributed by atoms with Crippen molar-refractivity contribution < 1.29 is 18.3 Å². The first kappa shape index (κ1) is 27.5. The number of halogens is 3. The number of carbonyl (C=O) groups excluding carboxylic acids is 1. The third kappa shape index (κ3) is 4.30. The van der Waals surface area contributed by atoms with Gasteiger partial charge in [-0.1, -0.05) is 13.2 Å². The van der Waals surface area contributed by atoms with Crippen molar-refractivity contribution in [3.8, 4) is 11.1 Å². The zero-order chi connectivity index (χ0) is 28.5. The van der Waals surface area contributed by atoms with Crippen LogP contribution < -0.4 is 4.90 Å². The van der Waals surface area contributed by atoms with E-state index in [4.69, 9.17) is 9.73 Å². The summed E-state index contributed by atoms with van der Waals surface area (Å²) in [4.78, 5) is 24.7. The molecule has 1 spiro atoms. The van der Waals surface area contributed by atoms with Gasteiger partial charge in [0.15, 0.2) is 0 Å². The maximum absolute atomic E-state index is 15.4. The normalized spacial score (nSPS) is 23.4. The average molecular weight is 630 g/mol. The zero-order valence-corrected chi connectivity index (χ0v) is 25.2.